The van der Waals surface area contributed by atoms with Gasteiger partial charge < -0.3 is 32.1 Å². The average molecular weight is 416 g/mol. The topological polar surface area (TPSA) is 175 Å². The molecular formula is C20H28N6O4. The third-order valence-corrected chi connectivity index (χ3v) is 4.72. The fourth-order valence-electron chi connectivity index (χ4n) is 3.08. The quantitative estimate of drug-likeness (QED) is 0.131. The van der Waals surface area contributed by atoms with Crippen LogP contribution in [0, 0.1) is 5.41 Å². The number of benzene rings is 1. The van der Waals surface area contributed by atoms with E-state index in [4.69, 9.17) is 16.9 Å². The summed E-state index contributed by atoms with van der Waals surface area (Å²) in [4.78, 5) is 37.3. The highest BCUT2D eigenvalue weighted by Crippen LogP contribution is 2.14. The normalized spacial score (nSPS) is 15.1. The lowest BCUT2D eigenvalue weighted by Gasteiger charge is -2.17. The first-order valence-electron chi connectivity index (χ1n) is 9.65. The van der Waals surface area contributed by atoms with Crippen LogP contribution >= 0.6 is 0 Å². The van der Waals surface area contributed by atoms with Crippen LogP contribution in [0.1, 0.15) is 30.9 Å². The first-order chi connectivity index (χ1) is 14.3. The summed E-state index contributed by atoms with van der Waals surface area (Å²) >= 11 is 0. The van der Waals surface area contributed by atoms with Crippen molar-refractivity contribution in [3.05, 3.63) is 47.5 Å². The van der Waals surface area contributed by atoms with E-state index in [-0.39, 0.29) is 24.8 Å². The number of hydrogen-bond acceptors (Lipinski definition) is 5. The molecule has 2 amide bonds. The summed E-state index contributed by atoms with van der Waals surface area (Å²) in [7, 11) is 0. The Bertz CT molecular complexity index is 811. The molecule has 1 aromatic rings. The number of carbonyl (C=O) groups excluding carboxylic acids is 2. The van der Waals surface area contributed by atoms with Crippen molar-refractivity contribution in [3.8, 4) is 0 Å². The minimum Gasteiger partial charge on any atom is -0.479 e. The predicted octanol–water partition coefficient (Wildman–Crippen LogP) is -0.322. The first-order valence-corrected chi connectivity index (χ1v) is 9.65. The summed E-state index contributed by atoms with van der Waals surface area (Å²) in [6, 6.07) is 6.60. The van der Waals surface area contributed by atoms with Gasteiger partial charge in [-0.15, -0.1) is 0 Å². The maximum absolute atomic E-state index is 12.1. The van der Waals surface area contributed by atoms with Gasteiger partial charge in [0.15, 0.2) is 12.0 Å². The second-order valence-corrected chi connectivity index (χ2v) is 7.08. The summed E-state index contributed by atoms with van der Waals surface area (Å²) in [5, 5.41) is 21.9. The fraction of sp³-hybridized carbons (Fsp3) is 0.400. The van der Waals surface area contributed by atoms with E-state index in [9.17, 15) is 19.5 Å². The zero-order valence-corrected chi connectivity index (χ0v) is 16.6. The Morgan fingerprint density at radius 2 is 1.93 bits per heavy atom. The van der Waals surface area contributed by atoms with Gasteiger partial charge in [0.05, 0.1) is 6.04 Å². The van der Waals surface area contributed by atoms with Crippen LogP contribution < -0.4 is 22.1 Å². The summed E-state index contributed by atoms with van der Waals surface area (Å²) in [6.07, 6.45) is 2.70. The minimum absolute atomic E-state index is 0.0186. The molecule has 2 unspecified atom stereocenters. The van der Waals surface area contributed by atoms with Crippen LogP contribution in [-0.4, -0.2) is 59.4 Å². The number of rotatable bonds is 10. The third-order valence-electron chi connectivity index (χ3n) is 4.72. The number of aliphatic carboxylic acids is 1. The second-order valence-electron chi connectivity index (χ2n) is 7.08. The van der Waals surface area contributed by atoms with E-state index in [2.05, 4.69) is 10.6 Å². The van der Waals surface area contributed by atoms with Crippen LogP contribution in [0.15, 0.2) is 42.0 Å². The van der Waals surface area contributed by atoms with E-state index in [0.29, 0.717) is 31.5 Å². The van der Waals surface area contributed by atoms with E-state index >= 15 is 0 Å². The Labute approximate surface area is 174 Å². The van der Waals surface area contributed by atoms with Gasteiger partial charge in [-0.25, -0.2) is 4.79 Å². The number of carboxylic acid groups (broad SMARTS) is 1. The molecular weight excluding hydrogens is 388 g/mol. The molecule has 2 atom stereocenters. The zero-order valence-electron chi connectivity index (χ0n) is 16.6. The van der Waals surface area contributed by atoms with Gasteiger partial charge >= 0.3 is 5.97 Å². The average Bonchev–Trinajstić information content (AvgIpc) is 3.18. The van der Waals surface area contributed by atoms with Gasteiger partial charge in [-0.1, -0.05) is 42.0 Å². The molecule has 1 aromatic carbocycles. The lowest BCUT2D eigenvalue weighted by atomic mass is 10.1. The number of carbonyl (C=O) groups is 3. The van der Waals surface area contributed by atoms with Crippen molar-refractivity contribution in [1.82, 2.24) is 15.5 Å². The van der Waals surface area contributed by atoms with Gasteiger partial charge in [-0.05, 0) is 18.4 Å². The molecule has 10 heteroatoms. The molecule has 1 aliphatic heterocycles. The molecule has 30 heavy (non-hydrogen) atoms. The monoisotopic (exact) mass is 416 g/mol. The van der Waals surface area contributed by atoms with Gasteiger partial charge in [0, 0.05) is 26.1 Å². The SMILES string of the molecule is N=C(N)N1CC=C(CC(N)C(=O)NCCCC(=O)NC(C(=O)O)c2ccccc2)C1. The van der Waals surface area contributed by atoms with E-state index in [0.717, 1.165) is 5.57 Å². The maximum Gasteiger partial charge on any atom is 0.330 e. The minimum atomic E-state index is -1.14. The number of amides is 2. The van der Waals surface area contributed by atoms with Gasteiger partial charge in [0.1, 0.15) is 0 Å². The molecule has 0 spiro atoms. The van der Waals surface area contributed by atoms with Crippen LogP contribution in [-0.2, 0) is 14.4 Å². The predicted molar refractivity (Wildman–Crippen MR) is 111 cm³/mol. The largest absolute Gasteiger partial charge is 0.479 e. The standard InChI is InChI=1S/C20H28N6O4/c21-15(11-13-8-10-26(12-13)20(22)23)18(28)24-9-4-7-16(27)25-17(19(29)30)14-5-2-1-3-6-14/h1-3,5-6,8,15,17H,4,7,9-12,21H2,(H3,22,23)(H,24,28)(H,25,27)(H,29,30). The van der Waals surface area contributed by atoms with Crippen LogP contribution in [0.5, 0.6) is 0 Å². The smallest absolute Gasteiger partial charge is 0.330 e. The number of nitrogens with two attached hydrogens (primary N) is 2. The Morgan fingerprint density at radius 1 is 1.23 bits per heavy atom. The molecule has 0 aliphatic carbocycles. The molecule has 0 aromatic heterocycles. The van der Waals surface area contributed by atoms with Gasteiger partial charge in [-0.2, -0.15) is 0 Å². The van der Waals surface area contributed by atoms with Crippen molar-refractivity contribution < 1.29 is 19.5 Å². The number of hydrogen-bond donors (Lipinski definition) is 6. The van der Waals surface area contributed by atoms with Gasteiger partial charge in [0.25, 0.3) is 0 Å². The zero-order chi connectivity index (χ0) is 22.1. The molecule has 8 N–H and O–H groups in total. The Morgan fingerprint density at radius 3 is 2.53 bits per heavy atom. The van der Waals surface area contributed by atoms with E-state index in [1.165, 1.54) is 0 Å². The second kappa shape index (κ2) is 11.0. The molecule has 1 heterocycles. The molecule has 0 fully saturated rings. The molecule has 0 saturated heterocycles. The Kier molecular flexibility index (Phi) is 8.36. The van der Waals surface area contributed by atoms with E-state index in [1.54, 1.807) is 35.2 Å². The number of nitrogens with one attached hydrogen (secondary N) is 3. The molecule has 0 bridgehead atoms. The molecule has 1 aliphatic rings. The lowest BCUT2D eigenvalue weighted by molar-refractivity contribution is -0.142. The van der Waals surface area contributed by atoms with Crippen molar-refractivity contribution in [2.45, 2.75) is 31.3 Å². The lowest BCUT2D eigenvalue weighted by Crippen LogP contribution is -2.42. The highest BCUT2D eigenvalue weighted by atomic mass is 16.4. The molecule has 0 radical (unpaired) electrons. The molecule has 162 valence electrons. The van der Waals surface area contributed by atoms with Crippen LogP contribution in [0.3, 0.4) is 0 Å². The van der Waals surface area contributed by atoms with Crippen molar-refractivity contribution in [2.75, 3.05) is 19.6 Å². The molecule has 2 rings (SSSR count). The van der Waals surface area contributed by atoms with Gasteiger partial charge in [0.2, 0.25) is 11.8 Å². The van der Waals surface area contributed by atoms with Crippen molar-refractivity contribution in [2.24, 2.45) is 11.5 Å². The van der Waals surface area contributed by atoms with Crippen molar-refractivity contribution >= 4 is 23.7 Å². The van der Waals surface area contributed by atoms with Crippen molar-refractivity contribution in [3.63, 3.8) is 0 Å². The fourth-order valence-corrected chi connectivity index (χ4v) is 3.08. The number of guanidine groups is 1. The number of nitrogens with zero attached hydrogens (tertiary/aromatic N) is 1. The van der Waals surface area contributed by atoms with Gasteiger partial charge in [-0.3, -0.25) is 15.0 Å². The summed E-state index contributed by atoms with van der Waals surface area (Å²) in [5.74, 6) is -1.90. The first kappa shape index (κ1) is 22.9. The van der Waals surface area contributed by atoms with Crippen LogP contribution in [0.4, 0.5) is 0 Å². The maximum atomic E-state index is 12.1. The van der Waals surface area contributed by atoms with Crippen molar-refractivity contribution in [1.29, 1.82) is 5.41 Å². The van der Waals surface area contributed by atoms with Crippen LogP contribution in [0.2, 0.25) is 0 Å². The Hall–Kier alpha value is -3.40. The third kappa shape index (κ3) is 6.89. The number of carboxylic acids is 1. The van der Waals surface area contributed by atoms with E-state index in [1.807, 2.05) is 6.08 Å². The highest BCUT2D eigenvalue weighted by Gasteiger charge is 2.22. The summed E-state index contributed by atoms with van der Waals surface area (Å²) in [5.41, 5.74) is 12.8. The highest BCUT2D eigenvalue weighted by molar-refractivity contribution is 5.85. The Balaban J connectivity index is 1.68. The summed E-state index contributed by atoms with van der Waals surface area (Å²) < 4.78 is 0. The summed E-state index contributed by atoms with van der Waals surface area (Å²) in [6.45, 7) is 1.28. The van der Waals surface area contributed by atoms with Crippen LogP contribution in [0.25, 0.3) is 0 Å². The van der Waals surface area contributed by atoms with E-state index < -0.39 is 24.0 Å². The molecule has 0 saturated carbocycles. The molecule has 10 nitrogen and oxygen atoms in total.